The Kier molecular flexibility index (Phi) is 5.22. The van der Waals surface area contributed by atoms with Crippen LogP contribution in [0.5, 0.6) is 0 Å². The normalized spacial score (nSPS) is 10.5. The lowest BCUT2D eigenvalue weighted by Crippen LogP contribution is -2.12. The lowest BCUT2D eigenvalue weighted by atomic mass is 10.0. The highest BCUT2D eigenvalue weighted by Gasteiger charge is 2.08. The van der Waals surface area contributed by atoms with Crippen molar-refractivity contribution in [3.05, 3.63) is 29.8 Å². The van der Waals surface area contributed by atoms with E-state index in [1.54, 1.807) is 12.1 Å². The first-order valence-electron chi connectivity index (χ1n) is 5.53. The van der Waals surface area contributed by atoms with E-state index in [-0.39, 0.29) is 17.4 Å². The largest absolute Gasteiger partial charge is 0.369 e. The molecule has 92 valence electrons. The number of Topliss-reactive ketones (excluding diaryl/α,β-unsaturated/α-hetero) is 1. The molecule has 1 aromatic carbocycles. The zero-order valence-electron chi connectivity index (χ0n) is 10.1. The van der Waals surface area contributed by atoms with Crippen molar-refractivity contribution in [2.75, 3.05) is 5.75 Å². The van der Waals surface area contributed by atoms with Crippen LogP contribution in [0, 0.1) is 5.92 Å². The van der Waals surface area contributed by atoms with Gasteiger partial charge in [0.05, 0.1) is 5.75 Å². The van der Waals surface area contributed by atoms with E-state index in [0.717, 1.165) is 10.5 Å². The lowest BCUT2D eigenvalue weighted by molar-refractivity contribution is -0.115. The van der Waals surface area contributed by atoms with Crippen molar-refractivity contribution in [3.63, 3.8) is 0 Å². The summed E-state index contributed by atoms with van der Waals surface area (Å²) in [7, 11) is 0. The van der Waals surface area contributed by atoms with Crippen molar-refractivity contribution in [1.29, 1.82) is 0 Å². The summed E-state index contributed by atoms with van der Waals surface area (Å²) in [5.74, 6) is 0.451. The average molecular weight is 251 g/mol. The molecule has 0 aliphatic carbocycles. The van der Waals surface area contributed by atoms with Crippen LogP contribution < -0.4 is 5.73 Å². The Morgan fingerprint density at radius 3 is 2.29 bits per heavy atom. The summed E-state index contributed by atoms with van der Waals surface area (Å²) < 4.78 is 0. The molecule has 0 heterocycles. The van der Waals surface area contributed by atoms with E-state index in [4.69, 9.17) is 5.73 Å². The Bertz CT molecular complexity index is 398. The smallest absolute Gasteiger partial charge is 0.227 e. The fourth-order valence-corrected chi connectivity index (χ4v) is 2.02. The minimum absolute atomic E-state index is 0.159. The number of carbonyl (C=O) groups excluding carboxylic acids is 2. The van der Waals surface area contributed by atoms with E-state index in [0.29, 0.717) is 12.3 Å². The van der Waals surface area contributed by atoms with Crippen molar-refractivity contribution in [1.82, 2.24) is 0 Å². The van der Waals surface area contributed by atoms with Crippen LogP contribution in [0.2, 0.25) is 0 Å². The summed E-state index contributed by atoms with van der Waals surface area (Å²) in [6, 6.07) is 7.30. The number of nitrogens with two attached hydrogens (primary N) is 1. The Morgan fingerprint density at radius 1 is 1.24 bits per heavy atom. The molecule has 1 amide bonds. The lowest BCUT2D eigenvalue weighted by Gasteiger charge is -2.05. The van der Waals surface area contributed by atoms with E-state index < -0.39 is 0 Å². The standard InChI is InChI=1S/C13H17NO2S/c1-9(2)7-12(15)10-3-5-11(6-4-10)17-8-13(14)16/h3-6,9H,7-8H2,1-2H3,(H2,14,16). The molecule has 0 saturated heterocycles. The predicted octanol–water partition coefficient (Wildman–Crippen LogP) is 2.49. The molecule has 0 radical (unpaired) electrons. The van der Waals surface area contributed by atoms with E-state index >= 15 is 0 Å². The van der Waals surface area contributed by atoms with Gasteiger partial charge in [0.15, 0.2) is 5.78 Å². The van der Waals surface area contributed by atoms with Gasteiger partial charge >= 0.3 is 0 Å². The Morgan fingerprint density at radius 2 is 1.82 bits per heavy atom. The number of ketones is 1. The maximum absolute atomic E-state index is 11.8. The number of amides is 1. The molecular weight excluding hydrogens is 234 g/mol. The Balaban J connectivity index is 2.61. The van der Waals surface area contributed by atoms with Crippen LogP contribution in [-0.2, 0) is 4.79 Å². The van der Waals surface area contributed by atoms with Crippen LogP contribution >= 0.6 is 11.8 Å². The van der Waals surface area contributed by atoms with Crippen molar-refractivity contribution in [3.8, 4) is 0 Å². The molecule has 1 rings (SSSR count). The van der Waals surface area contributed by atoms with Crippen LogP contribution in [0.25, 0.3) is 0 Å². The predicted molar refractivity (Wildman–Crippen MR) is 70.1 cm³/mol. The zero-order chi connectivity index (χ0) is 12.8. The second-order valence-corrected chi connectivity index (χ2v) is 5.35. The third-order valence-electron chi connectivity index (χ3n) is 2.15. The number of hydrogen-bond donors (Lipinski definition) is 1. The van der Waals surface area contributed by atoms with Gasteiger partial charge in [0.25, 0.3) is 0 Å². The van der Waals surface area contributed by atoms with Crippen molar-refractivity contribution in [2.24, 2.45) is 11.7 Å². The topological polar surface area (TPSA) is 60.2 Å². The maximum Gasteiger partial charge on any atom is 0.227 e. The number of hydrogen-bond acceptors (Lipinski definition) is 3. The molecule has 0 bridgehead atoms. The highest BCUT2D eigenvalue weighted by molar-refractivity contribution is 8.00. The quantitative estimate of drug-likeness (QED) is 0.624. The van der Waals surface area contributed by atoms with Crippen molar-refractivity contribution < 1.29 is 9.59 Å². The second kappa shape index (κ2) is 6.45. The van der Waals surface area contributed by atoms with Gasteiger partial charge in [-0.25, -0.2) is 0 Å². The number of carbonyl (C=O) groups is 2. The molecule has 1 aromatic rings. The number of benzene rings is 1. The minimum atomic E-state index is -0.338. The van der Waals surface area contributed by atoms with Gasteiger partial charge in [-0.1, -0.05) is 26.0 Å². The molecule has 4 heteroatoms. The van der Waals surface area contributed by atoms with Gasteiger partial charge in [0, 0.05) is 16.9 Å². The molecule has 0 aromatic heterocycles. The molecular formula is C13H17NO2S. The highest BCUT2D eigenvalue weighted by atomic mass is 32.2. The van der Waals surface area contributed by atoms with Crippen LogP contribution in [0.4, 0.5) is 0 Å². The first-order chi connectivity index (χ1) is 7.99. The zero-order valence-corrected chi connectivity index (χ0v) is 10.9. The van der Waals surface area contributed by atoms with Gasteiger partial charge in [-0.3, -0.25) is 9.59 Å². The van der Waals surface area contributed by atoms with Gasteiger partial charge in [-0.05, 0) is 18.1 Å². The summed E-state index contributed by atoms with van der Waals surface area (Å²) in [5, 5.41) is 0. The van der Waals surface area contributed by atoms with Gasteiger partial charge in [-0.2, -0.15) is 0 Å². The van der Waals surface area contributed by atoms with Crippen molar-refractivity contribution >= 4 is 23.5 Å². The fourth-order valence-electron chi connectivity index (χ4n) is 1.38. The van der Waals surface area contributed by atoms with Gasteiger partial charge in [0.2, 0.25) is 5.91 Å². The van der Waals surface area contributed by atoms with Crippen molar-refractivity contribution in [2.45, 2.75) is 25.2 Å². The summed E-state index contributed by atoms with van der Waals surface area (Å²) >= 11 is 1.38. The third kappa shape index (κ3) is 5.04. The van der Waals surface area contributed by atoms with Crippen LogP contribution in [0.15, 0.2) is 29.2 Å². The molecule has 17 heavy (non-hydrogen) atoms. The molecule has 2 N–H and O–H groups in total. The molecule has 0 spiro atoms. The summed E-state index contributed by atoms with van der Waals surface area (Å²) in [6.45, 7) is 4.05. The van der Waals surface area contributed by atoms with Gasteiger partial charge in [0.1, 0.15) is 0 Å². The summed E-state index contributed by atoms with van der Waals surface area (Å²) in [5.41, 5.74) is 5.78. The van der Waals surface area contributed by atoms with Crippen LogP contribution in [-0.4, -0.2) is 17.4 Å². The first-order valence-corrected chi connectivity index (χ1v) is 6.52. The minimum Gasteiger partial charge on any atom is -0.369 e. The molecule has 0 saturated carbocycles. The van der Waals surface area contributed by atoms with Crippen LogP contribution in [0.3, 0.4) is 0 Å². The number of thioether (sulfide) groups is 1. The van der Waals surface area contributed by atoms with E-state index in [2.05, 4.69) is 0 Å². The monoisotopic (exact) mass is 251 g/mol. The molecule has 0 atom stereocenters. The number of primary amides is 1. The molecule has 0 fully saturated rings. The van der Waals surface area contributed by atoms with E-state index in [1.165, 1.54) is 11.8 Å². The van der Waals surface area contributed by atoms with Crippen LogP contribution in [0.1, 0.15) is 30.6 Å². The van der Waals surface area contributed by atoms with Gasteiger partial charge < -0.3 is 5.73 Å². The second-order valence-electron chi connectivity index (χ2n) is 4.30. The summed E-state index contributed by atoms with van der Waals surface area (Å²) in [4.78, 5) is 23.3. The maximum atomic E-state index is 11.8. The number of rotatable bonds is 6. The average Bonchev–Trinajstić information content (AvgIpc) is 2.26. The van der Waals surface area contributed by atoms with E-state index in [1.807, 2.05) is 26.0 Å². The first kappa shape index (κ1) is 13.8. The molecule has 3 nitrogen and oxygen atoms in total. The molecule has 0 unspecified atom stereocenters. The Hall–Kier alpha value is -1.29. The third-order valence-corrected chi connectivity index (χ3v) is 3.19. The molecule has 0 aliphatic heterocycles. The van der Waals surface area contributed by atoms with E-state index in [9.17, 15) is 9.59 Å². The SMILES string of the molecule is CC(C)CC(=O)c1ccc(SCC(N)=O)cc1. The highest BCUT2D eigenvalue weighted by Crippen LogP contribution is 2.19. The fraction of sp³-hybridized carbons (Fsp3) is 0.385. The summed E-state index contributed by atoms with van der Waals surface area (Å²) in [6.07, 6.45) is 0.563. The Labute approximate surface area is 106 Å². The van der Waals surface area contributed by atoms with Gasteiger partial charge in [-0.15, -0.1) is 11.8 Å². The molecule has 0 aliphatic rings.